The maximum Gasteiger partial charge on any atom is 0.177 e. The molecule has 1 radical (unpaired) electrons. The van der Waals surface area contributed by atoms with Gasteiger partial charge in [0.25, 0.3) is 0 Å². The lowest BCUT2D eigenvalue weighted by Crippen LogP contribution is -1.96. The van der Waals surface area contributed by atoms with Gasteiger partial charge in [-0.05, 0) is 19.1 Å². The SMILES string of the molecule is CC(=O)c1cccc2n[c]n(C)c12. The monoisotopic (exact) mass is 173 g/mol. The van der Waals surface area contributed by atoms with Crippen molar-refractivity contribution in [2.75, 3.05) is 0 Å². The van der Waals surface area contributed by atoms with E-state index in [1.807, 2.05) is 19.2 Å². The summed E-state index contributed by atoms with van der Waals surface area (Å²) in [7, 11) is 1.84. The van der Waals surface area contributed by atoms with E-state index in [1.165, 1.54) is 0 Å². The van der Waals surface area contributed by atoms with E-state index < -0.39 is 0 Å². The fraction of sp³-hybridized carbons (Fsp3) is 0.200. The molecule has 1 heterocycles. The number of imidazole rings is 1. The minimum Gasteiger partial charge on any atom is -0.324 e. The van der Waals surface area contributed by atoms with Crippen LogP contribution in [0.4, 0.5) is 0 Å². The van der Waals surface area contributed by atoms with E-state index >= 15 is 0 Å². The van der Waals surface area contributed by atoms with E-state index in [2.05, 4.69) is 11.3 Å². The third-order valence-corrected chi connectivity index (χ3v) is 2.05. The summed E-state index contributed by atoms with van der Waals surface area (Å²) < 4.78 is 1.74. The van der Waals surface area contributed by atoms with Gasteiger partial charge in [-0.25, -0.2) is 4.98 Å². The number of nitrogens with zero attached hydrogens (tertiary/aromatic N) is 2. The Morgan fingerprint density at radius 2 is 2.31 bits per heavy atom. The lowest BCUT2D eigenvalue weighted by atomic mass is 10.1. The molecule has 0 N–H and O–H groups in total. The Morgan fingerprint density at radius 1 is 1.54 bits per heavy atom. The molecule has 0 saturated heterocycles. The molecule has 2 aromatic rings. The minimum absolute atomic E-state index is 0.0580. The van der Waals surface area contributed by atoms with E-state index in [0.717, 1.165) is 11.0 Å². The van der Waals surface area contributed by atoms with Crippen LogP contribution in [0, 0.1) is 6.33 Å². The van der Waals surface area contributed by atoms with Gasteiger partial charge in [0, 0.05) is 12.6 Å². The van der Waals surface area contributed by atoms with Crippen LogP contribution >= 0.6 is 0 Å². The number of ketones is 1. The van der Waals surface area contributed by atoms with Gasteiger partial charge >= 0.3 is 0 Å². The van der Waals surface area contributed by atoms with Crippen molar-refractivity contribution < 1.29 is 4.79 Å². The molecule has 0 fully saturated rings. The van der Waals surface area contributed by atoms with Gasteiger partial charge < -0.3 is 4.57 Å². The van der Waals surface area contributed by atoms with Crippen molar-refractivity contribution in [3.05, 3.63) is 30.1 Å². The van der Waals surface area contributed by atoms with Crippen molar-refractivity contribution in [2.24, 2.45) is 7.05 Å². The highest BCUT2D eigenvalue weighted by atomic mass is 16.1. The number of Topliss-reactive ketones (excluding diaryl/α,β-unsaturated/α-hetero) is 1. The number of hydrogen-bond donors (Lipinski definition) is 0. The van der Waals surface area contributed by atoms with Crippen LogP contribution < -0.4 is 0 Å². The summed E-state index contributed by atoms with van der Waals surface area (Å²) in [5, 5.41) is 0. The molecule has 0 aliphatic heterocycles. The van der Waals surface area contributed by atoms with E-state index in [4.69, 9.17) is 0 Å². The zero-order valence-corrected chi connectivity index (χ0v) is 7.53. The normalized spacial score (nSPS) is 10.6. The topological polar surface area (TPSA) is 34.9 Å². The van der Waals surface area contributed by atoms with Gasteiger partial charge in [0.05, 0.1) is 11.0 Å². The van der Waals surface area contributed by atoms with Gasteiger partial charge in [0.2, 0.25) is 0 Å². The highest BCUT2D eigenvalue weighted by Crippen LogP contribution is 2.16. The van der Waals surface area contributed by atoms with Crippen molar-refractivity contribution in [2.45, 2.75) is 6.92 Å². The molecule has 0 bridgehead atoms. The molecule has 0 saturated carbocycles. The zero-order chi connectivity index (χ0) is 9.42. The Morgan fingerprint density at radius 3 is 3.00 bits per heavy atom. The average molecular weight is 173 g/mol. The third kappa shape index (κ3) is 1.13. The largest absolute Gasteiger partial charge is 0.324 e. The molecule has 1 aromatic carbocycles. The number of carbonyl (C=O) groups excluding carboxylic acids is 1. The first-order chi connectivity index (χ1) is 6.20. The lowest BCUT2D eigenvalue weighted by molar-refractivity contribution is 0.101. The van der Waals surface area contributed by atoms with Gasteiger partial charge in [-0.3, -0.25) is 4.79 Å². The molecule has 2 rings (SSSR count). The molecule has 3 heteroatoms. The molecule has 0 aliphatic carbocycles. The Labute approximate surface area is 76.0 Å². The van der Waals surface area contributed by atoms with Crippen LogP contribution in [0.5, 0.6) is 0 Å². The molecule has 0 atom stereocenters. The number of benzene rings is 1. The standard InChI is InChI=1S/C10H9N2O/c1-7(13)8-4-3-5-9-10(8)12(2)6-11-9/h3-5H,1-2H3. The maximum absolute atomic E-state index is 11.3. The summed E-state index contributed by atoms with van der Waals surface area (Å²) >= 11 is 0. The second kappa shape index (κ2) is 2.69. The van der Waals surface area contributed by atoms with Crippen LogP contribution in [0.1, 0.15) is 17.3 Å². The number of rotatable bonds is 1. The first kappa shape index (κ1) is 7.98. The van der Waals surface area contributed by atoms with Crippen LogP contribution in [0.3, 0.4) is 0 Å². The van der Waals surface area contributed by atoms with Crippen LogP contribution in [0.2, 0.25) is 0 Å². The maximum atomic E-state index is 11.3. The minimum atomic E-state index is 0.0580. The fourth-order valence-electron chi connectivity index (χ4n) is 1.44. The van der Waals surface area contributed by atoms with Gasteiger partial charge in [-0.15, -0.1) is 0 Å². The molecule has 0 aliphatic rings. The fourth-order valence-corrected chi connectivity index (χ4v) is 1.44. The zero-order valence-electron chi connectivity index (χ0n) is 7.53. The van der Waals surface area contributed by atoms with Crippen LogP contribution in [0.25, 0.3) is 11.0 Å². The number of aromatic nitrogens is 2. The number of fused-ring (bicyclic) bond motifs is 1. The number of para-hydroxylation sites is 1. The first-order valence-electron chi connectivity index (χ1n) is 4.04. The molecule has 0 amide bonds. The quantitative estimate of drug-likeness (QED) is 0.613. The van der Waals surface area contributed by atoms with Crippen LogP contribution in [0.15, 0.2) is 18.2 Å². The van der Waals surface area contributed by atoms with E-state index in [-0.39, 0.29) is 5.78 Å². The highest BCUT2D eigenvalue weighted by molar-refractivity contribution is 6.04. The van der Waals surface area contributed by atoms with Crippen molar-refractivity contribution in [1.29, 1.82) is 0 Å². The average Bonchev–Trinajstić information content (AvgIpc) is 2.48. The van der Waals surface area contributed by atoms with Crippen molar-refractivity contribution in [1.82, 2.24) is 9.55 Å². The summed E-state index contributed by atoms with van der Waals surface area (Å²) in [4.78, 5) is 15.3. The molecule has 0 spiro atoms. The molecule has 3 nitrogen and oxygen atoms in total. The van der Waals surface area contributed by atoms with E-state index in [1.54, 1.807) is 17.6 Å². The van der Waals surface area contributed by atoms with Gasteiger partial charge in [0.15, 0.2) is 12.1 Å². The first-order valence-corrected chi connectivity index (χ1v) is 4.04. The third-order valence-electron chi connectivity index (χ3n) is 2.05. The summed E-state index contributed by atoms with van der Waals surface area (Å²) in [5.41, 5.74) is 2.37. The molecule has 13 heavy (non-hydrogen) atoms. The molecular weight excluding hydrogens is 164 g/mol. The Balaban J connectivity index is 2.88. The van der Waals surface area contributed by atoms with Gasteiger partial charge in [0.1, 0.15) is 0 Å². The number of carbonyl (C=O) groups is 1. The molecule has 1 aromatic heterocycles. The Kier molecular flexibility index (Phi) is 1.65. The summed E-state index contributed by atoms with van der Waals surface area (Å²) in [6.07, 6.45) is 2.79. The Hall–Kier alpha value is -1.64. The molecular formula is C10H9N2O. The second-order valence-electron chi connectivity index (χ2n) is 3.00. The van der Waals surface area contributed by atoms with Crippen molar-refractivity contribution >= 4 is 16.8 Å². The highest BCUT2D eigenvalue weighted by Gasteiger charge is 2.08. The second-order valence-corrected chi connectivity index (χ2v) is 3.00. The predicted molar refractivity (Wildman–Crippen MR) is 49.6 cm³/mol. The number of hydrogen-bond acceptors (Lipinski definition) is 2. The van der Waals surface area contributed by atoms with Crippen LogP contribution in [-0.4, -0.2) is 15.3 Å². The summed E-state index contributed by atoms with van der Waals surface area (Å²) in [6, 6.07) is 5.51. The predicted octanol–water partition coefficient (Wildman–Crippen LogP) is 1.58. The molecule has 65 valence electrons. The molecule has 0 unspecified atom stereocenters. The lowest BCUT2D eigenvalue weighted by Gasteiger charge is -1.99. The van der Waals surface area contributed by atoms with Gasteiger partial charge in [-0.2, -0.15) is 0 Å². The van der Waals surface area contributed by atoms with Crippen molar-refractivity contribution in [3.8, 4) is 0 Å². The summed E-state index contributed by atoms with van der Waals surface area (Å²) in [5.74, 6) is 0.0580. The summed E-state index contributed by atoms with van der Waals surface area (Å²) in [6.45, 7) is 1.56. The number of aryl methyl sites for hydroxylation is 1. The van der Waals surface area contributed by atoms with Crippen LogP contribution in [-0.2, 0) is 7.05 Å². The van der Waals surface area contributed by atoms with E-state index in [9.17, 15) is 4.79 Å². The van der Waals surface area contributed by atoms with E-state index in [0.29, 0.717) is 5.56 Å². The van der Waals surface area contributed by atoms with Gasteiger partial charge in [-0.1, -0.05) is 6.07 Å². The van der Waals surface area contributed by atoms with Crippen molar-refractivity contribution in [3.63, 3.8) is 0 Å². The Bertz CT molecular complexity index is 471. The smallest absolute Gasteiger partial charge is 0.177 e.